The number of amides is 1. The zero-order chi connectivity index (χ0) is 19.1. The maximum absolute atomic E-state index is 12.9. The summed E-state index contributed by atoms with van der Waals surface area (Å²) in [7, 11) is 1.89. The summed E-state index contributed by atoms with van der Waals surface area (Å²) in [5.41, 5.74) is 1.96. The molecule has 0 bridgehead atoms. The van der Waals surface area contributed by atoms with E-state index in [1.165, 1.54) is 23.5 Å². The number of hydrogen-bond donors (Lipinski definition) is 0. The SMILES string of the molecule is Cc1nn(C)c2sc(C(=O)N3CCN(c4ccc([N+](=O)[O-])cc4)CC3)cc12. The normalized spacial score (nSPS) is 14.7. The summed E-state index contributed by atoms with van der Waals surface area (Å²) < 4.78 is 1.82. The van der Waals surface area contributed by atoms with E-state index < -0.39 is 4.92 Å². The van der Waals surface area contributed by atoms with Crippen LogP contribution in [0.5, 0.6) is 0 Å². The number of aryl methyl sites for hydroxylation is 2. The Morgan fingerprint density at radius 1 is 1.19 bits per heavy atom. The van der Waals surface area contributed by atoms with Gasteiger partial charge in [0.2, 0.25) is 0 Å². The average Bonchev–Trinajstić information content (AvgIpc) is 3.23. The summed E-state index contributed by atoms with van der Waals surface area (Å²) in [6.45, 7) is 4.61. The van der Waals surface area contributed by atoms with Crippen LogP contribution in [0.1, 0.15) is 15.4 Å². The number of nitro benzene ring substituents is 1. The number of non-ortho nitro benzene ring substituents is 1. The molecule has 9 heteroatoms. The molecule has 1 aliphatic heterocycles. The minimum absolute atomic E-state index is 0.0546. The number of piperazine rings is 1. The highest BCUT2D eigenvalue weighted by atomic mass is 32.1. The molecular weight excluding hydrogens is 366 g/mol. The molecule has 0 N–H and O–H groups in total. The van der Waals surface area contributed by atoms with Crippen molar-refractivity contribution in [3.05, 3.63) is 51.0 Å². The van der Waals surface area contributed by atoms with E-state index in [4.69, 9.17) is 0 Å². The van der Waals surface area contributed by atoms with E-state index in [2.05, 4.69) is 10.00 Å². The van der Waals surface area contributed by atoms with E-state index in [-0.39, 0.29) is 11.6 Å². The Morgan fingerprint density at radius 2 is 1.85 bits per heavy atom. The first kappa shape index (κ1) is 17.5. The molecule has 0 saturated carbocycles. The summed E-state index contributed by atoms with van der Waals surface area (Å²) in [5, 5.41) is 16.2. The van der Waals surface area contributed by atoms with Crippen LogP contribution in [-0.2, 0) is 7.05 Å². The molecule has 1 saturated heterocycles. The fourth-order valence-corrected chi connectivity index (χ4v) is 4.51. The number of rotatable bonds is 3. The van der Waals surface area contributed by atoms with Crippen LogP contribution in [0.15, 0.2) is 30.3 Å². The number of thiophene rings is 1. The van der Waals surface area contributed by atoms with Gasteiger partial charge in [0.05, 0.1) is 15.5 Å². The van der Waals surface area contributed by atoms with E-state index in [9.17, 15) is 14.9 Å². The number of nitro groups is 1. The summed E-state index contributed by atoms with van der Waals surface area (Å²) in [4.78, 5) is 29.0. The maximum Gasteiger partial charge on any atom is 0.269 e. The lowest BCUT2D eigenvalue weighted by Gasteiger charge is -2.35. The van der Waals surface area contributed by atoms with Crippen LogP contribution in [0.3, 0.4) is 0 Å². The van der Waals surface area contributed by atoms with Crippen molar-refractivity contribution < 1.29 is 9.72 Å². The molecule has 0 aliphatic carbocycles. The molecule has 8 nitrogen and oxygen atoms in total. The second-order valence-electron chi connectivity index (χ2n) is 6.59. The number of carbonyl (C=O) groups excluding carboxylic acids is 1. The molecule has 140 valence electrons. The van der Waals surface area contributed by atoms with Crippen molar-refractivity contribution in [1.29, 1.82) is 0 Å². The Labute approximate surface area is 159 Å². The highest BCUT2D eigenvalue weighted by Crippen LogP contribution is 2.29. The van der Waals surface area contributed by atoms with Crippen molar-refractivity contribution in [1.82, 2.24) is 14.7 Å². The molecule has 27 heavy (non-hydrogen) atoms. The molecular formula is C18H19N5O3S. The van der Waals surface area contributed by atoms with Gasteiger partial charge >= 0.3 is 0 Å². The lowest BCUT2D eigenvalue weighted by atomic mass is 10.2. The molecule has 1 aromatic carbocycles. The van der Waals surface area contributed by atoms with Gasteiger partial charge in [-0.25, -0.2) is 0 Å². The van der Waals surface area contributed by atoms with E-state index in [0.29, 0.717) is 26.2 Å². The minimum Gasteiger partial charge on any atom is -0.368 e. The van der Waals surface area contributed by atoms with E-state index in [1.54, 1.807) is 12.1 Å². The number of fused-ring (bicyclic) bond motifs is 1. The Kier molecular flexibility index (Phi) is 4.31. The van der Waals surface area contributed by atoms with Crippen LogP contribution in [0.4, 0.5) is 11.4 Å². The van der Waals surface area contributed by atoms with Crippen LogP contribution in [0.25, 0.3) is 10.2 Å². The van der Waals surface area contributed by atoms with Crippen molar-refractivity contribution >= 4 is 38.8 Å². The molecule has 1 fully saturated rings. The second kappa shape index (κ2) is 6.66. The van der Waals surface area contributed by atoms with Gasteiger partial charge in [0.25, 0.3) is 11.6 Å². The molecule has 4 rings (SSSR count). The Balaban J connectivity index is 1.44. The van der Waals surface area contributed by atoms with Crippen molar-refractivity contribution in [2.75, 3.05) is 31.1 Å². The summed E-state index contributed by atoms with van der Waals surface area (Å²) in [6.07, 6.45) is 0. The topological polar surface area (TPSA) is 84.5 Å². The van der Waals surface area contributed by atoms with Crippen LogP contribution in [0, 0.1) is 17.0 Å². The molecule has 0 radical (unpaired) electrons. The van der Waals surface area contributed by atoms with Gasteiger partial charge < -0.3 is 9.80 Å². The third-order valence-electron chi connectivity index (χ3n) is 4.90. The van der Waals surface area contributed by atoms with E-state index >= 15 is 0 Å². The van der Waals surface area contributed by atoms with E-state index in [1.807, 2.05) is 29.6 Å². The highest BCUT2D eigenvalue weighted by molar-refractivity contribution is 7.20. The molecule has 2 aromatic heterocycles. The molecule has 1 amide bonds. The third kappa shape index (κ3) is 3.14. The van der Waals surface area contributed by atoms with Gasteiger partial charge in [-0.3, -0.25) is 19.6 Å². The maximum atomic E-state index is 12.9. The monoisotopic (exact) mass is 385 g/mol. The fourth-order valence-electron chi connectivity index (χ4n) is 3.42. The zero-order valence-corrected chi connectivity index (χ0v) is 15.9. The first-order valence-electron chi connectivity index (χ1n) is 8.66. The van der Waals surface area contributed by atoms with Gasteiger partial charge in [0.15, 0.2) is 0 Å². The fraction of sp³-hybridized carbons (Fsp3) is 0.333. The lowest BCUT2D eigenvalue weighted by molar-refractivity contribution is -0.384. The number of aromatic nitrogens is 2. The Hall–Kier alpha value is -2.94. The van der Waals surface area contributed by atoms with Crippen molar-refractivity contribution in [2.24, 2.45) is 7.05 Å². The second-order valence-corrected chi connectivity index (χ2v) is 7.62. The standard InChI is InChI=1S/C18H19N5O3S/c1-12-15-11-16(27-18(15)20(2)19-12)17(24)22-9-7-21(8-10-22)13-3-5-14(6-4-13)23(25)26/h3-6,11H,7-10H2,1-2H3. The molecule has 1 aliphatic rings. The summed E-state index contributed by atoms with van der Waals surface area (Å²) in [6, 6.07) is 8.49. The van der Waals surface area contributed by atoms with Crippen molar-refractivity contribution in [2.45, 2.75) is 6.92 Å². The van der Waals surface area contributed by atoms with Gasteiger partial charge in [-0.15, -0.1) is 11.3 Å². The summed E-state index contributed by atoms with van der Waals surface area (Å²) >= 11 is 1.48. The largest absolute Gasteiger partial charge is 0.368 e. The number of carbonyl (C=O) groups is 1. The van der Waals surface area contributed by atoms with Gasteiger partial charge in [0.1, 0.15) is 4.83 Å². The zero-order valence-electron chi connectivity index (χ0n) is 15.1. The van der Waals surface area contributed by atoms with Crippen LogP contribution >= 0.6 is 11.3 Å². The number of benzene rings is 1. The van der Waals surface area contributed by atoms with Gasteiger partial charge in [-0.1, -0.05) is 0 Å². The van der Waals surface area contributed by atoms with Gasteiger partial charge in [-0.05, 0) is 25.1 Å². The lowest BCUT2D eigenvalue weighted by Crippen LogP contribution is -2.48. The third-order valence-corrected chi connectivity index (χ3v) is 6.09. The van der Waals surface area contributed by atoms with E-state index in [0.717, 1.165) is 26.5 Å². The van der Waals surface area contributed by atoms with Gasteiger partial charge in [0, 0.05) is 56.4 Å². The molecule has 0 spiro atoms. The molecule has 0 atom stereocenters. The van der Waals surface area contributed by atoms with Crippen molar-refractivity contribution in [3.8, 4) is 0 Å². The average molecular weight is 385 g/mol. The van der Waals surface area contributed by atoms with Crippen LogP contribution in [0.2, 0.25) is 0 Å². The number of anilines is 1. The highest BCUT2D eigenvalue weighted by Gasteiger charge is 2.25. The van der Waals surface area contributed by atoms with Crippen LogP contribution in [-0.4, -0.2) is 51.7 Å². The smallest absolute Gasteiger partial charge is 0.269 e. The van der Waals surface area contributed by atoms with Gasteiger partial charge in [-0.2, -0.15) is 5.10 Å². The minimum atomic E-state index is -0.400. The van der Waals surface area contributed by atoms with Crippen molar-refractivity contribution in [3.63, 3.8) is 0 Å². The summed E-state index contributed by atoms with van der Waals surface area (Å²) in [5.74, 6) is 0.0546. The first-order chi connectivity index (χ1) is 12.9. The number of hydrogen-bond acceptors (Lipinski definition) is 6. The Morgan fingerprint density at radius 3 is 2.44 bits per heavy atom. The van der Waals surface area contributed by atoms with Crippen LogP contribution < -0.4 is 4.90 Å². The molecule has 0 unspecified atom stereocenters. The predicted octanol–water partition coefficient (Wildman–Crippen LogP) is 2.81. The molecule has 3 heterocycles. The number of nitrogens with zero attached hydrogens (tertiary/aromatic N) is 5. The first-order valence-corrected chi connectivity index (χ1v) is 9.47. The molecule has 3 aromatic rings. The Bertz CT molecular complexity index is 981. The predicted molar refractivity (Wildman–Crippen MR) is 105 cm³/mol. The quantitative estimate of drug-likeness (QED) is 0.511.